The Morgan fingerprint density at radius 3 is 2.78 bits per heavy atom. The minimum Gasteiger partial charge on any atom is -0.386 e. The number of aliphatic hydroxyl groups excluding tert-OH is 1. The number of nitrogens with two attached hydrogens (primary N) is 1. The van der Waals surface area contributed by atoms with E-state index in [9.17, 15) is 5.11 Å². The molecule has 1 aromatic heterocycles. The van der Waals surface area contributed by atoms with Crippen LogP contribution in [0.5, 0.6) is 0 Å². The van der Waals surface area contributed by atoms with Crippen molar-refractivity contribution in [2.24, 2.45) is 10.7 Å². The van der Waals surface area contributed by atoms with Crippen LogP contribution in [0.4, 0.5) is 0 Å². The Bertz CT molecular complexity index is 415. The predicted molar refractivity (Wildman–Crippen MR) is 76.2 cm³/mol. The van der Waals surface area contributed by atoms with E-state index in [-0.39, 0.29) is 0 Å². The first-order valence-corrected chi connectivity index (χ1v) is 7.34. The molecule has 4 nitrogen and oxygen atoms in total. The van der Waals surface area contributed by atoms with E-state index < -0.39 is 6.10 Å². The van der Waals surface area contributed by atoms with Gasteiger partial charge in [0, 0.05) is 18.0 Å². The van der Waals surface area contributed by atoms with Crippen LogP contribution >= 0.6 is 22.9 Å². The minimum absolute atomic E-state index is 0.291. The molecule has 18 heavy (non-hydrogen) atoms. The molecular formula is C12H18ClN3OS. The highest BCUT2D eigenvalue weighted by atomic mass is 35.5. The lowest BCUT2D eigenvalue weighted by Gasteiger charge is -2.27. The molecule has 0 amide bonds. The van der Waals surface area contributed by atoms with Crippen LogP contribution in [-0.4, -0.2) is 35.6 Å². The van der Waals surface area contributed by atoms with E-state index >= 15 is 0 Å². The molecule has 2 heterocycles. The van der Waals surface area contributed by atoms with Gasteiger partial charge in [-0.15, -0.1) is 11.3 Å². The molecule has 1 aliphatic heterocycles. The van der Waals surface area contributed by atoms with Gasteiger partial charge in [-0.3, -0.25) is 4.99 Å². The van der Waals surface area contributed by atoms with Gasteiger partial charge >= 0.3 is 0 Å². The molecule has 100 valence electrons. The molecule has 1 aliphatic rings. The Morgan fingerprint density at radius 1 is 1.44 bits per heavy atom. The zero-order chi connectivity index (χ0) is 13.0. The predicted octanol–water partition coefficient (Wildman–Crippen LogP) is 2.24. The molecule has 6 heteroatoms. The monoisotopic (exact) mass is 287 g/mol. The number of aliphatic hydroxyl groups is 1. The lowest BCUT2D eigenvalue weighted by Crippen LogP contribution is -2.41. The summed E-state index contributed by atoms with van der Waals surface area (Å²) in [6.45, 7) is 2.23. The van der Waals surface area contributed by atoms with Crippen molar-refractivity contribution in [3.63, 3.8) is 0 Å². The van der Waals surface area contributed by atoms with Crippen molar-refractivity contribution in [1.82, 2.24) is 4.90 Å². The third kappa shape index (κ3) is 3.60. The number of nitrogens with zero attached hydrogens (tertiary/aromatic N) is 2. The second-order valence-corrected chi connectivity index (χ2v) is 6.15. The Balaban J connectivity index is 1.88. The quantitative estimate of drug-likeness (QED) is 0.662. The molecule has 0 saturated carbocycles. The molecule has 0 aromatic carbocycles. The summed E-state index contributed by atoms with van der Waals surface area (Å²) in [7, 11) is 0. The van der Waals surface area contributed by atoms with E-state index in [2.05, 4.69) is 9.89 Å². The van der Waals surface area contributed by atoms with E-state index in [1.807, 2.05) is 6.07 Å². The molecule has 0 aliphatic carbocycles. The van der Waals surface area contributed by atoms with Gasteiger partial charge in [-0.1, -0.05) is 11.6 Å². The number of aliphatic imine (C=N–C) groups is 1. The van der Waals surface area contributed by atoms with Crippen LogP contribution < -0.4 is 5.73 Å². The molecular weight excluding hydrogens is 270 g/mol. The van der Waals surface area contributed by atoms with Gasteiger partial charge in [0.25, 0.3) is 0 Å². The molecule has 1 unspecified atom stereocenters. The van der Waals surface area contributed by atoms with Gasteiger partial charge in [-0.05, 0) is 31.4 Å². The summed E-state index contributed by atoms with van der Waals surface area (Å²) in [5, 5.41) is 9.95. The van der Waals surface area contributed by atoms with E-state index in [4.69, 9.17) is 17.3 Å². The Hall–Kier alpha value is -0.780. The molecule has 1 aromatic rings. The number of hydrogen-bond donors (Lipinski definition) is 2. The van der Waals surface area contributed by atoms with Crippen LogP contribution in [-0.2, 0) is 0 Å². The molecule has 2 rings (SSSR count). The van der Waals surface area contributed by atoms with E-state index in [0.717, 1.165) is 18.0 Å². The average molecular weight is 288 g/mol. The van der Waals surface area contributed by atoms with E-state index in [1.54, 1.807) is 6.07 Å². The summed E-state index contributed by atoms with van der Waals surface area (Å²) >= 11 is 7.20. The molecule has 3 N–H and O–H groups in total. The fourth-order valence-electron chi connectivity index (χ4n) is 2.00. The van der Waals surface area contributed by atoms with E-state index in [1.165, 1.54) is 30.6 Å². The number of rotatable bonds is 3. The second-order valence-electron chi connectivity index (χ2n) is 4.40. The van der Waals surface area contributed by atoms with Gasteiger partial charge in [0.2, 0.25) is 0 Å². The fourth-order valence-corrected chi connectivity index (χ4v) is 3.04. The second kappa shape index (κ2) is 6.41. The lowest BCUT2D eigenvalue weighted by atomic mass is 10.1. The standard InChI is InChI=1S/C12H18ClN3OS/c13-11-5-4-10(18-11)9(17)8-15-12(14)16-6-2-1-3-7-16/h4-5,9,17H,1-3,6-8H2,(H2,14,15). The highest BCUT2D eigenvalue weighted by molar-refractivity contribution is 7.16. The van der Waals surface area contributed by atoms with Gasteiger partial charge in [0.15, 0.2) is 5.96 Å². The minimum atomic E-state index is -0.620. The Labute approximate surface area is 116 Å². The van der Waals surface area contributed by atoms with Crippen LogP contribution in [0.3, 0.4) is 0 Å². The molecule has 1 atom stereocenters. The highest BCUT2D eigenvalue weighted by Crippen LogP contribution is 2.26. The number of halogens is 1. The van der Waals surface area contributed by atoms with Crippen molar-refractivity contribution in [1.29, 1.82) is 0 Å². The van der Waals surface area contributed by atoms with Gasteiger partial charge in [0.05, 0.1) is 10.9 Å². The molecule has 0 radical (unpaired) electrons. The van der Waals surface area contributed by atoms with Gasteiger partial charge in [-0.2, -0.15) is 0 Å². The summed E-state index contributed by atoms with van der Waals surface area (Å²) in [6, 6.07) is 3.60. The normalized spacial score (nSPS) is 19.0. The van der Waals surface area contributed by atoms with Crippen LogP contribution in [0.25, 0.3) is 0 Å². The van der Waals surface area contributed by atoms with Gasteiger partial charge in [0.1, 0.15) is 6.10 Å². The maximum Gasteiger partial charge on any atom is 0.191 e. The number of likely N-dealkylation sites (tertiary alicyclic amines) is 1. The molecule has 1 fully saturated rings. The van der Waals surface area contributed by atoms with Crippen molar-refractivity contribution in [3.05, 3.63) is 21.3 Å². The van der Waals surface area contributed by atoms with Crippen LogP contribution in [0.2, 0.25) is 4.34 Å². The SMILES string of the molecule is NC(=NCC(O)c1ccc(Cl)s1)N1CCCCC1. The number of thiophene rings is 1. The Kier molecular flexibility index (Phi) is 4.86. The van der Waals surface area contributed by atoms with Gasteiger partial charge < -0.3 is 15.7 Å². The first-order chi connectivity index (χ1) is 8.66. The molecule has 1 saturated heterocycles. The average Bonchev–Trinajstić information content (AvgIpc) is 2.83. The first-order valence-electron chi connectivity index (χ1n) is 6.15. The smallest absolute Gasteiger partial charge is 0.191 e. The maximum atomic E-state index is 9.95. The summed E-state index contributed by atoms with van der Waals surface area (Å²) in [5.41, 5.74) is 5.92. The summed E-state index contributed by atoms with van der Waals surface area (Å²) < 4.78 is 0.678. The van der Waals surface area contributed by atoms with E-state index in [0.29, 0.717) is 16.8 Å². The zero-order valence-corrected chi connectivity index (χ0v) is 11.8. The number of hydrogen-bond acceptors (Lipinski definition) is 3. The van der Waals surface area contributed by atoms with Crippen LogP contribution in [0.1, 0.15) is 30.2 Å². The molecule has 0 spiro atoms. The summed E-state index contributed by atoms with van der Waals surface area (Å²) in [5.74, 6) is 0.538. The molecule has 0 bridgehead atoms. The third-order valence-corrected chi connectivity index (χ3v) is 4.36. The Morgan fingerprint density at radius 2 is 2.17 bits per heavy atom. The van der Waals surface area contributed by atoms with Crippen LogP contribution in [0.15, 0.2) is 17.1 Å². The van der Waals surface area contributed by atoms with Crippen molar-refractivity contribution in [3.8, 4) is 0 Å². The summed E-state index contributed by atoms with van der Waals surface area (Å²) in [4.78, 5) is 7.18. The topological polar surface area (TPSA) is 61.9 Å². The van der Waals surface area contributed by atoms with Crippen molar-refractivity contribution in [2.45, 2.75) is 25.4 Å². The third-order valence-electron chi connectivity index (χ3n) is 3.03. The van der Waals surface area contributed by atoms with Gasteiger partial charge in [-0.25, -0.2) is 0 Å². The van der Waals surface area contributed by atoms with Crippen molar-refractivity contribution in [2.75, 3.05) is 19.6 Å². The number of piperidine rings is 1. The van der Waals surface area contributed by atoms with Crippen molar-refractivity contribution < 1.29 is 5.11 Å². The fraction of sp³-hybridized carbons (Fsp3) is 0.583. The number of guanidine groups is 1. The highest BCUT2D eigenvalue weighted by Gasteiger charge is 2.14. The largest absolute Gasteiger partial charge is 0.386 e. The first kappa shape index (κ1) is 13.6. The maximum absolute atomic E-state index is 9.95. The van der Waals surface area contributed by atoms with Crippen molar-refractivity contribution >= 4 is 28.9 Å². The summed E-state index contributed by atoms with van der Waals surface area (Å²) in [6.07, 6.45) is 2.98. The lowest BCUT2D eigenvalue weighted by molar-refractivity contribution is 0.190. The van der Waals surface area contributed by atoms with Crippen LogP contribution in [0, 0.1) is 0 Å². The zero-order valence-electron chi connectivity index (χ0n) is 10.2.